The number of ether oxygens (including phenoxy) is 2. The smallest absolute Gasteiger partial charge is 0.360 e. The Balaban J connectivity index is 1.99. The molecular formula is C14H17N3O3. The monoisotopic (exact) mass is 275 g/mol. The fourth-order valence-corrected chi connectivity index (χ4v) is 1.88. The number of benzene rings is 1. The number of carbonyl (C=O) groups is 1. The normalized spacial score (nSPS) is 10.3. The number of esters is 1. The van der Waals surface area contributed by atoms with E-state index >= 15 is 0 Å². The van der Waals surface area contributed by atoms with E-state index in [9.17, 15) is 4.79 Å². The van der Waals surface area contributed by atoms with E-state index in [-0.39, 0.29) is 5.69 Å². The van der Waals surface area contributed by atoms with Gasteiger partial charge in [-0.25, -0.2) is 9.48 Å². The van der Waals surface area contributed by atoms with Gasteiger partial charge in [0.1, 0.15) is 12.4 Å². The molecule has 0 saturated heterocycles. The molecule has 0 aliphatic rings. The fourth-order valence-electron chi connectivity index (χ4n) is 1.88. The van der Waals surface area contributed by atoms with Crippen LogP contribution in [0.15, 0.2) is 30.3 Å². The van der Waals surface area contributed by atoms with Crippen LogP contribution < -0.4 is 4.74 Å². The third-order valence-electron chi connectivity index (χ3n) is 2.87. The fraction of sp³-hybridized carbons (Fsp3) is 0.357. The minimum Gasteiger partial charge on any atom is -0.492 e. The number of nitrogens with zero attached hydrogens (tertiary/aromatic N) is 3. The van der Waals surface area contributed by atoms with Crippen molar-refractivity contribution in [3.05, 3.63) is 41.7 Å². The highest BCUT2D eigenvalue weighted by atomic mass is 16.5. The summed E-state index contributed by atoms with van der Waals surface area (Å²) in [6.45, 7) is 2.93. The molecule has 0 radical (unpaired) electrons. The third kappa shape index (κ3) is 3.14. The SMILES string of the molecule is CCc1c(C(=O)OC)nnn1CCOc1ccccc1. The Hall–Kier alpha value is -2.37. The van der Waals surface area contributed by atoms with Crippen molar-refractivity contribution in [3.63, 3.8) is 0 Å². The average molecular weight is 275 g/mol. The van der Waals surface area contributed by atoms with Gasteiger partial charge in [0.2, 0.25) is 0 Å². The Morgan fingerprint density at radius 3 is 2.70 bits per heavy atom. The second-order valence-electron chi connectivity index (χ2n) is 4.11. The lowest BCUT2D eigenvalue weighted by Crippen LogP contribution is -2.13. The standard InChI is InChI=1S/C14H17N3O3/c1-3-12-13(14(18)19-2)15-16-17(12)9-10-20-11-7-5-4-6-8-11/h4-8H,3,9-10H2,1-2H3. The van der Waals surface area contributed by atoms with Crippen molar-refractivity contribution < 1.29 is 14.3 Å². The van der Waals surface area contributed by atoms with Crippen molar-refractivity contribution >= 4 is 5.97 Å². The number of methoxy groups -OCH3 is 1. The van der Waals surface area contributed by atoms with Crippen LogP contribution in [0.1, 0.15) is 23.1 Å². The summed E-state index contributed by atoms with van der Waals surface area (Å²) in [4.78, 5) is 11.5. The van der Waals surface area contributed by atoms with Crippen LogP contribution in [0.5, 0.6) is 5.75 Å². The summed E-state index contributed by atoms with van der Waals surface area (Å²) in [7, 11) is 1.33. The lowest BCUT2D eigenvalue weighted by atomic mass is 10.2. The number of carbonyl (C=O) groups excluding carboxylic acids is 1. The molecule has 1 aromatic heterocycles. The first kappa shape index (κ1) is 14.0. The quantitative estimate of drug-likeness (QED) is 0.751. The van der Waals surface area contributed by atoms with Gasteiger partial charge < -0.3 is 9.47 Å². The van der Waals surface area contributed by atoms with E-state index in [1.807, 2.05) is 37.3 Å². The summed E-state index contributed by atoms with van der Waals surface area (Å²) in [5.41, 5.74) is 1.03. The van der Waals surface area contributed by atoms with Crippen molar-refractivity contribution in [2.75, 3.05) is 13.7 Å². The molecule has 0 unspecified atom stereocenters. The number of hydrogen-bond acceptors (Lipinski definition) is 5. The molecule has 0 aliphatic heterocycles. The van der Waals surface area contributed by atoms with Crippen molar-refractivity contribution in [1.82, 2.24) is 15.0 Å². The highest BCUT2D eigenvalue weighted by molar-refractivity contribution is 5.88. The molecular weight excluding hydrogens is 258 g/mol. The number of aromatic nitrogens is 3. The molecule has 106 valence electrons. The van der Waals surface area contributed by atoms with Crippen LogP contribution in [-0.2, 0) is 17.7 Å². The molecule has 1 aromatic carbocycles. The molecule has 0 saturated carbocycles. The van der Waals surface area contributed by atoms with Crippen molar-refractivity contribution in [2.45, 2.75) is 19.9 Å². The topological polar surface area (TPSA) is 66.2 Å². The lowest BCUT2D eigenvalue weighted by Gasteiger charge is -2.07. The van der Waals surface area contributed by atoms with Gasteiger partial charge in [0, 0.05) is 0 Å². The average Bonchev–Trinajstić information content (AvgIpc) is 2.90. The molecule has 1 heterocycles. The van der Waals surface area contributed by atoms with Crippen LogP contribution in [0, 0.1) is 0 Å². The molecule has 2 rings (SSSR count). The maximum Gasteiger partial charge on any atom is 0.360 e. The van der Waals surface area contributed by atoms with E-state index in [2.05, 4.69) is 15.0 Å². The Morgan fingerprint density at radius 2 is 2.05 bits per heavy atom. The van der Waals surface area contributed by atoms with Gasteiger partial charge in [-0.2, -0.15) is 0 Å². The second kappa shape index (κ2) is 6.70. The molecule has 0 aliphatic carbocycles. The first-order valence-electron chi connectivity index (χ1n) is 6.44. The van der Waals surface area contributed by atoms with E-state index in [0.29, 0.717) is 19.6 Å². The van der Waals surface area contributed by atoms with Crippen LogP contribution in [0.2, 0.25) is 0 Å². The van der Waals surface area contributed by atoms with Gasteiger partial charge >= 0.3 is 5.97 Å². The van der Waals surface area contributed by atoms with Crippen LogP contribution in [0.4, 0.5) is 0 Å². The van der Waals surface area contributed by atoms with Crippen molar-refractivity contribution in [3.8, 4) is 5.75 Å². The van der Waals surface area contributed by atoms with Gasteiger partial charge in [0.15, 0.2) is 5.69 Å². The number of para-hydroxylation sites is 1. The summed E-state index contributed by atoms with van der Waals surface area (Å²) in [6, 6.07) is 9.54. The summed E-state index contributed by atoms with van der Waals surface area (Å²) < 4.78 is 12.0. The maximum absolute atomic E-state index is 11.5. The Morgan fingerprint density at radius 1 is 1.30 bits per heavy atom. The van der Waals surface area contributed by atoms with Gasteiger partial charge in [-0.15, -0.1) is 5.10 Å². The first-order valence-corrected chi connectivity index (χ1v) is 6.44. The molecule has 0 N–H and O–H groups in total. The van der Waals surface area contributed by atoms with E-state index in [4.69, 9.17) is 4.74 Å². The molecule has 20 heavy (non-hydrogen) atoms. The maximum atomic E-state index is 11.5. The van der Waals surface area contributed by atoms with Gasteiger partial charge in [-0.3, -0.25) is 0 Å². The van der Waals surface area contributed by atoms with Gasteiger partial charge in [-0.05, 0) is 18.6 Å². The molecule has 0 fully saturated rings. The van der Waals surface area contributed by atoms with E-state index in [0.717, 1.165) is 11.4 Å². The molecule has 0 bridgehead atoms. The van der Waals surface area contributed by atoms with Crippen LogP contribution in [0.3, 0.4) is 0 Å². The van der Waals surface area contributed by atoms with E-state index in [1.54, 1.807) is 4.68 Å². The van der Waals surface area contributed by atoms with Crippen molar-refractivity contribution in [2.24, 2.45) is 0 Å². The minimum atomic E-state index is -0.461. The summed E-state index contributed by atoms with van der Waals surface area (Å²) in [6.07, 6.45) is 0.656. The zero-order valence-corrected chi connectivity index (χ0v) is 11.6. The van der Waals surface area contributed by atoms with Crippen LogP contribution >= 0.6 is 0 Å². The Labute approximate surface area is 117 Å². The molecule has 0 atom stereocenters. The molecule has 0 amide bonds. The highest BCUT2D eigenvalue weighted by Crippen LogP contribution is 2.10. The summed E-state index contributed by atoms with van der Waals surface area (Å²) in [5, 5.41) is 7.84. The van der Waals surface area contributed by atoms with Gasteiger partial charge in [0.05, 0.1) is 19.3 Å². The molecule has 0 spiro atoms. The Bertz CT molecular complexity index is 566. The lowest BCUT2D eigenvalue weighted by molar-refractivity contribution is 0.0592. The molecule has 2 aromatic rings. The zero-order chi connectivity index (χ0) is 14.4. The largest absolute Gasteiger partial charge is 0.492 e. The summed E-state index contributed by atoms with van der Waals surface area (Å²) >= 11 is 0. The predicted octanol–water partition coefficient (Wildman–Crippen LogP) is 1.71. The highest BCUT2D eigenvalue weighted by Gasteiger charge is 2.18. The Kier molecular flexibility index (Phi) is 4.70. The van der Waals surface area contributed by atoms with E-state index in [1.165, 1.54) is 7.11 Å². The predicted molar refractivity (Wildman–Crippen MR) is 72.7 cm³/mol. The first-order chi connectivity index (χ1) is 9.76. The molecule has 6 heteroatoms. The second-order valence-corrected chi connectivity index (χ2v) is 4.11. The number of hydrogen-bond donors (Lipinski definition) is 0. The molecule has 6 nitrogen and oxygen atoms in total. The van der Waals surface area contributed by atoms with Crippen molar-refractivity contribution in [1.29, 1.82) is 0 Å². The zero-order valence-electron chi connectivity index (χ0n) is 11.6. The third-order valence-corrected chi connectivity index (χ3v) is 2.87. The van der Waals surface area contributed by atoms with Gasteiger partial charge in [-0.1, -0.05) is 30.3 Å². The van der Waals surface area contributed by atoms with Crippen LogP contribution in [-0.4, -0.2) is 34.7 Å². The van der Waals surface area contributed by atoms with E-state index < -0.39 is 5.97 Å². The number of rotatable bonds is 6. The minimum absolute atomic E-state index is 0.273. The van der Waals surface area contributed by atoms with Gasteiger partial charge in [0.25, 0.3) is 0 Å². The van der Waals surface area contributed by atoms with Crippen LogP contribution in [0.25, 0.3) is 0 Å². The summed E-state index contributed by atoms with van der Waals surface area (Å²) in [5.74, 6) is 0.343.